The standard InChI is InChI=1S/C33H30O7/c1-3-23(2)21-37-31(34)27-11-9-25(10-12-27)26-13-17-29(18-14-26)39-32(35)28-15-19-30(20-16-28)40-33(36)38-22-24-7-5-4-6-8-24/h4-20,23H,3,21-22H2,1-2H3. The lowest BCUT2D eigenvalue weighted by atomic mass is 10.0. The van der Waals surface area contributed by atoms with E-state index in [1.165, 1.54) is 24.3 Å². The predicted molar refractivity (Wildman–Crippen MR) is 150 cm³/mol. The first-order valence-corrected chi connectivity index (χ1v) is 13.0. The quantitative estimate of drug-likeness (QED) is 0.117. The third-order valence-corrected chi connectivity index (χ3v) is 6.21. The van der Waals surface area contributed by atoms with Gasteiger partial charge in [-0.05, 0) is 71.1 Å². The highest BCUT2D eigenvalue weighted by Gasteiger charge is 2.12. The van der Waals surface area contributed by atoms with Gasteiger partial charge >= 0.3 is 18.1 Å². The lowest BCUT2D eigenvalue weighted by Crippen LogP contribution is -2.11. The second kappa shape index (κ2) is 13.8. The van der Waals surface area contributed by atoms with Gasteiger partial charge in [-0.25, -0.2) is 14.4 Å². The molecule has 0 fully saturated rings. The van der Waals surface area contributed by atoms with E-state index in [9.17, 15) is 14.4 Å². The van der Waals surface area contributed by atoms with Crippen LogP contribution in [-0.2, 0) is 16.1 Å². The maximum absolute atomic E-state index is 12.6. The van der Waals surface area contributed by atoms with Gasteiger partial charge in [-0.2, -0.15) is 0 Å². The Balaban J connectivity index is 1.27. The fourth-order valence-corrected chi connectivity index (χ4v) is 3.60. The first-order chi connectivity index (χ1) is 19.4. The molecule has 0 radical (unpaired) electrons. The van der Waals surface area contributed by atoms with Gasteiger partial charge in [0.2, 0.25) is 0 Å². The first kappa shape index (κ1) is 28.1. The van der Waals surface area contributed by atoms with Crippen molar-refractivity contribution < 1.29 is 33.3 Å². The maximum atomic E-state index is 12.6. The Morgan fingerprint density at radius 2 is 1.15 bits per heavy atom. The number of benzene rings is 4. The number of hydrogen-bond donors (Lipinski definition) is 0. The van der Waals surface area contributed by atoms with Gasteiger partial charge in [0.1, 0.15) is 18.1 Å². The van der Waals surface area contributed by atoms with E-state index in [0.29, 0.717) is 29.4 Å². The molecule has 0 aliphatic carbocycles. The van der Waals surface area contributed by atoms with Crippen LogP contribution >= 0.6 is 0 Å². The Labute approximate surface area is 233 Å². The van der Waals surface area contributed by atoms with Crippen molar-refractivity contribution in [3.63, 3.8) is 0 Å². The molecule has 40 heavy (non-hydrogen) atoms. The van der Waals surface area contributed by atoms with E-state index in [1.807, 2.05) is 61.5 Å². The van der Waals surface area contributed by atoms with Crippen molar-refractivity contribution in [3.05, 3.63) is 120 Å². The topological polar surface area (TPSA) is 88.1 Å². The minimum Gasteiger partial charge on any atom is -0.462 e. The Hall–Kier alpha value is -4.91. The summed E-state index contributed by atoms with van der Waals surface area (Å²) in [5, 5.41) is 0. The Kier molecular flexibility index (Phi) is 9.67. The number of esters is 2. The van der Waals surface area contributed by atoms with Gasteiger partial charge in [0, 0.05) is 0 Å². The molecule has 0 aliphatic heterocycles. The van der Waals surface area contributed by atoms with Crippen molar-refractivity contribution in [3.8, 4) is 22.6 Å². The van der Waals surface area contributed by atoms with Crippen molar-refractivity contribution in [2.75, 3.05) is 6.61 Å². The van der Waals surface area contributed by atoms with Gasteiger partial charge in [0.05, 0.1) is 17.7 Å². The van der Waals surface area contributed by atoms with Gasteiger partial charge in [-0.15, -0.1) is 0 Å². The Morgan fingerprint density at radius 3 is 1.77 bits per heavy atom. The minimum absolute atomic E-state index is 0.0985. The molecule has 1 unspecified atom stereocenters. The van der Waals surface area contributed by atoms with Crippen LogP contribution in [0.1, 0.15) is 46.5 Å². The molecule has 1 atom stereocenters. The van der Waals surface area contributed by atoms with E-state index in [4.69, 9.17) is 18.9 Å². The smallest absolute Gasteiger partial charge is 0.462 e. The second-order valence-electron chi connectivity index (χ2n) is 9.25. The van der Waals surface area contributed by atoms with Crippen LogP contribution in [0.5, 0.6) is 11.5 Å². The van der Waals surface area contributed by atoms with Gasteiger partial charge in [-0.3, -0.25) is 0 Å². The van der Waals surface area contributed by atoms with Crippen molar-refractivity contribution in [2.45, 2.75) is 26.9 Å². The van der Waals surface area contributed by atoms with Crippen LogP contribution < -0.4 is 9.47 Å². The number of carbonyl (C=O) groups excluding carboxylic acids is 3. The second-order valence-corrected chi connectivity index (χ2v) is 9.25. The van der Waals surface area contributed by atoms with E-state index >= 15 is 0 Å². The summed E-state index contributed by atoms with van der Waals surface area (Å²) in [6.45, 7) is 4.60. The van der Waals surface area contributed by atoms with E-state index in [1.54, 1.807) is 24.3 Å². The van der Waals surface area contributed by atoms with Crippen LogP contribution in [0.2, 0.25) is 0 Å². The molecule has 4 aromatic rings. The number of rotatable bonds is 10. The maximum Gasteiger partial charge on any atom is 0.514 e. The van der Waals surface area contributed by atoms with Crippen LogP contribution in [0, 0.1) is 5.92 Å². The van der Waals surface area contributed by atoms with E-state index in [0.717, 1.165) is 23.1 Å². The molecule has 204 valence electrons. The zero-order valence-electron chi connectivity index (χ0n) is 22.4. The molecule has 7 nitrogen and oxygen atoms in total. The molecule has 4 aromatic carbocycles. The molecule has 0 aliphatic rings. The largest absolute Gasteiger partial charge is 0.514 e. The number of hydrogen-bond acceptors (Lipinski definition) is 7. The molecule has 0 spiro atoms. The molecule has 0 N–H and O–H groups in total. The van der Waals surface area contributed by atoms with Crippen LogP contribution in [0.15, 0.2) is 103 Å². The SMILES string of the molecule is CCC(C)COC(=O)c1ccc(-c2ccc(OC(=O)c3ccc(OC(=O)OCc4ccccc4)cc3)cc2)cc1. The van der Waals surface area contributed by atoms with Crippen LogP contribution in [0.3, 0.4) is 0 Å². The molecule has 4 rings (SSSR count). The molecule has 0 amide bonds. The molecule has 7 heteroatoms. The fraction of sp³-hybridized carbons (Fsp3) is 0.182. The van der Waals surface area contributed by atoms with Gasteiger partial charge < -0.3 is 18.9 Å². The van der Waals surface area contributed by atoms with E-state index in [-0.39, 0.29) is 18.3 Å². The monoisotopic (exact) mass is 538 g/mol. The average molecular weight is 539 g/mol. The van der Waals surface area contributed by atoms with Crippen LogP contribution in [-0.4, -0.2) is 24.7 Å². The number of carbonyl (C=O) groups is 3. The highest BCUT2D eigenvalue weighted by atomic mass is 16.7. The number of ether oxygens (including phenoxy) is 4. The molecule has 0 heterocycles. The average Bonchev–Trinajstić information content (AvgIpc) is 3.00. The van der Waals surface area contributed by atoms with Gasteiger partial charge in [0.25, 0.3) is 0 Å². The summed E-state index contributed by atoms with van der Waals surface area (Å²) in [6.07, 6.45) is 0.114. The van der Waals surface area contributed by atoms with E-state index < -0.39 is 12.1 Å². The third kappa shape index (κ3) is 8.04. The minimum atomic E-state index is -0.838. The summed E-state index contributed by atoms with van der Waals surface area (Å²) in [4.78, 5) is 36.7. The van der Waals surface area contributed by atoms with Gasteiger partial charge in [-0.1, -0.05) is 74.9 Å². The van der Waals surface area contributed by atoms with E-state index in [2.05, 4.69) is 6.92 Å². The molecular weight excluding hydrogens is 508 g/mol. The highest BCUT2D eigenvalue weighted by Crippen LogP contribution is 2.24. The molecule has 0 saturated carbocycles. The van der Waals surface area contributed by atoms with Crippen molar-refractivity contribution in [2.24, 2.45) is 5.92 Å². The molecule has 0 saturated heterocycles. The zero-order valence-corrected chi connectivity index (χ0v) is 22.4. The summed E-state index contributed by atoms with van der Waals surface area (Å²) in [5.41, 5.74) is 3.45. The Bertz CT molecular complexity index is 1410. The lowest BCUT2D eigenvalue weighted by Gasteiger charge is -2.10. The normalized spacial score (nSPS) is 11.2. The van der Waals surface area contributed by atoms with Crippen molar-refractivity contribution >= 4 is 18.1 Å². The summed E-state index contributed by atoms with van der Waals surface area (Å²) in [5.74, 6) is 0.0610. The fourth-order valence-electron chi connectivity index (χ4n) is 3.60. The first-order valence-electron chi connectivity index (χ1n) is 13.0. The molecule has 0 aromatic heterocycles. The summed E-state index contributed by atoms with van der Waals surface area (Å²) < 4.78 is 21.1. The lowest BCUT2D eigenvalue weighted by molar-refractivity contribution is 0.0446. The zero-order chi connectivity index (χ0) is 28.3. The van der Waals surface area contributed by atoms with Gasteiger partial charge in [0.15, 0.2) is 0 Å². The molecule has 0 bridgehead atoms. The summed E-state index contributed by atoms with van der Waals surface area (Å²) >= 11 is 0. The highest BCUT2D eigenvalue weighted by molar-refractivity contribution is 5.91. The van der Waals surface area contributed by atoms with Crippen molar-refractivity contribution in [1.82, 2.24) is 0 Å². The molecular formula is C33H30O7. The summed E-state index contributed by atoms with van der Waals surface area (Å²) in [6, 6.07) is 29.5. The third-order valence-electron chi connectivity index (χ3n) is 6.21. The van der Waals surface area contributed by atoms with Crippen LogP contribution in [0.4, 0.5) is 4.79 Å². The summed E-state index contributed by atoms with van der Waals surface area (Å²) in [7, 11) is 0. The Morgan fingerprint density at radius 1 is 0.625 bits per heavy atom. The predicted octanol–water partition coefficient (Wildman–Crippen LogP) is 7.49. The van der Waals surface area contributed by atoms with Crippen molar-refractivity contribution in [1.29, 1.82) is 0 Å². The van der Waals surface area contributed by atoms with Crippen LogP contribution in [0.25, 0.3) is 11.1 Å².